The van der Waals surface area contributed by atoms with E-state index < -0.39 is 0 Å². The predicted molar refractivity (Wildman–Crippen MR) is 69.8 cm³/mol. The second-order valence-electron chi connectivity index (χ2n) is 5.96. The molecule has 3 nitrogen and oxygen atoms in total. The first-order valence-electron chi connectivity index (χ1n) is 7.15. The zero-order valence-electron chi connectivity index (χ0n) is 11.4. The Morgan fingerprint density at radius 3 is 2.65 bits per heavy atom. The number of hydrogen-bond acceptors (Lipinski definition) is 2. The summed E-state index contributed by atoms with van der Waals surface area (Å²) in [4.78, 5) is 12.4. The molecule has 2 aliphatic rings. The summed E-state index contributed by atoms with van der Waals surface area (Å²) < 4.78 is 0. The van der Waals surface area contributed by atoms with Crippen LogP contribution in [0.15, 0.2) is 0 Å². The Balaban J connectivity index is 1.96. The first-order valence-corrected chi connectivity index (χ1v) is 7.15. The maximum absolute atomic E-state index is 12.4. The van der Waals surface area contributed by atoms with E-state index in [1.165, 1.54) is 6.42 Å². The third kappa shape index (κ3) is 2.35. The second kappa shape index (κ2) is 4.97. The highest BCUT2D eigenvalue weighted by atomic mass is 16.2. The van der Waals surface area contributed by atoms with Crippen LogP contribution in [-0.2, 0) is 4.79 Å². The predicted octanol–water partition coefficient (Wildman–Crippen LogP) is 2.07. The van der Waals surface area contributed by atoms with Gasteiger partial charge in [-0.1, -0.05) is 20.8 Å². The van der Waals surface area contributed by atoms with Gasteiger partial charge in [0.25, 0.3) is 0 Å². The van der Waals surface area contributed by atoms with Crippen LogP contribution in [0.3, 0.4) is 0 Å². The van der Waals surface area contributed by atoms with Gasteiger partial charge in [-0.15, -0.1) is 0 Å². The van der Waals surface area contributed by atoms with Crippen molar-refractivity contribution >= 4 is 5.91 Å². The molecule has 4 atom stereocenters. The van der Waals surface area contributed by atoms with Gasteiger partial charge in [-0.2, -0.15) is 0 Å². The molecule has 3 heteroatoms. The summed E-state index contributed by atoms with van der Waals surface area (Å²) in [5.74, 6) is 1.60. The Labute approximate surface area is 105 Å². The van der Waals surface area contributed by atoms with Crippen molar-refractivity contribution < 1.29 is 4.79 Å². The van der Waals surface area contributed by atoms with Crippen LogP contribution in [0.1, 0.15) is 52.9 Å². The quantitative estimate of drug-likeness (QED) is 0.790. The average molecular weight is 238 g/mol. The first kappa shape index (κ1) is 12.9. The Bertz CT molecular complexity index is 284. The van der Waals surface area contributed by atoms with Crippen LogP contribution in [-0.4, -0.2) is 24.0 Å². The Hall–Kier alpha value is -0.570. The first-order chi connectivity index (χ1) is 8.09. The standard InChI is InChI=1S/C14H26N2O/c1-4-14(8-5-9-15-14)13(17)16-12-7-6-10(2)11(12)3/h10-12,15H,4-9H2,1-3H3,(H,16,17). The highest BCUT2D eigenvalue weighted by Crippen LogP contribution is 2.32. The molecule has 1 heterocycles. The van der Waals surface area contributed by atoms with Gasteiger partial charge in [0.1, 0.15) is 0 Å². The molecule has 1 saturated carbocycles. The van der Waals surface area contributed by atoms with E-state index in [0.29, 0.717) is 12.0 Å². The normalized spacial score (nSPS) is 41.7. The Kier molecular flexibility index (Phi) is 3.76. The molecule has 0 spiro atoms. The molecule has 17 heavy (non-hydrogen) atoms. The van der Waals surface area contributed by atoms with Gasteiger partial charge in [-0.05, 0) is 50.5 Å². The van der Waals surface area contributed by atoms with Crippen molar-refractivity contribution in [3.63, 3.8) is 0 Å². The van der Waals surface area contributed by atoms with Gasteiger partial charge in [0.15, 0.2) is 0 Å². The number of hydrogen-bond donors (Lipinski definition) is 2. The SMILES string of the molecule is CCC1(C(=O)NC2CCC(C)C2C)CCCN1. The van der Waals surface area contributed by atoms with Crippen LogP contribution >= 0.6 is 0 Å². The molecular formula is C14H26N2O. The molecule has 1 aliphatic carbocycles. The molecule has 0 bridgehead atoms. The molecule has 2 rings (SSSR count). The summed E-state index contributed by atoms with van der Waals surface area (Å²) in [6, 6.07) is 0.392. The van der Waals surface area contributed by atoms with Crippen molar-refractivity contribution in [3.05, 3.63) is 0 Å². The van der Waals surface area contributed by atoms with Gasteiger partial charge in [0.05, 0.1) is 5.54 Å². The molecule has 0 aromatic carbocycles. The van der Waals surface area contributed by atoms with E-state index in [-0.39, 0.29) is 11.4 Å². The summed E-state index contributed by atoms with van der Waals surface area (Å²) >= 11 is 0. The molecular weight excluding hydrogens is 212 g/mol. The third-order valence-electron chi connectivity index (χ3n) is 5.06. The average Bonchev–Trinajstić information content (AvgIpc) is 2.92. The molecule has 2 N–H and O–H groups in total. The van der Waals surface area contributed by atoms with Gasteiger partial charge >= 0.3 is 0 Å². The summed E-state index contributed by atoms with van der Waals surface area (Å²) in [6.45, 7) is 7.65. The van der Waals surface area contributed by atoms with Crippen molar-refractivity contribution in [2.24, 2.45) is 11.8 Å². The fraction of sp³-hybridized carbons (Fsp3) is 0.929. The summed E-state index contributed by atoms with van der Waals surface area (Å²) in [6.07, 6.45) is 5.41. The molecule has 0 radical (unpaired) electrons. The van der Waals surface area contributed by atoms with Gasteiger partial charge in [0, 0.05) is 6.04 Å². The smallest absolute Gasteiger partial charge is 0.240 e. The van der Waals surface area contributed by atoms with E-state index in [1.54, 1.807) is 0 Å². The molecule has 4 unspecified atom stereocenters. The van der Waals surface area contributed by atoms with E-state index in [0.717, 1.165) is 38.1 Å². The van der Waals surface area contributed by atoms with Crippen LogP contribution in [0, 0.1) is 11.8 Å². The van der Waals surface area contributed by atoms with Crippen molar-refractivity contribution in [1.82, 2.24) is 10.6 Å². The van der Waals surface area contributed by atoms with Gasteiger partial charge < -0.3 is 10.6 Å². The highest BCUT2D eigenvalue weighted by molar-refractivity contribution is 5.87. The molecule has 1 saturated heterocycles. The monoisotopic (exact) mass is 238 g/mol. The van der Waals surface area contributed by atoms with Crippen LogP contribution in [0.25, 0.3) is 0 Å². The zero-order valence-corrected chi connectivity index (χ0v) is 11.4. The van der Waals surface area contributed by atoms with Crippen molar-refractivity contribution in [3.8, 4) is 0 Å². The maximum atomic E-state index is 12.4. The van der Waals surface area contributed by atoms with E-state index >= 15 is 0 Å². The number of nitrogens with one attached hydrogen (secondary N) is 2. The lowest BCUT2D eigenvalue weighted by Gasteiger charge is -2.30. The highest BCUT2D eigenvalue weighted by Gasteiger charge is 2.41. The number of carbonyl (C=O) groups excluding carboxylic acids is 1. The van der Waals surface area contributed by atoms with E-state index in [9.17, 15) is 4.79 Å². The van der Waals surface area contributed by atoms with Crippen molar-refractivity contribution in [2.45, 2.75) is 64.5 Å². The van der Waals surface area contributed by atoms with Crippen LogP contribution in [0.4, 0.5) is 0 Å². The number of amides is 1. The lowest BCUT2D eigenvalue weighted by molar-refractivity contribution is -0.128. The third-order valence-corrected chi connectivity index (χ3v) is 5.06. The van der Waals surface area contributed by atoms with Gasteiger partial charge in [-0.25, -0.2) is 0 Å². The number of rotatable bonds is 3. The molecule has 0 aromatic heterocycles. The summed E-state index contributed by atoms with van der Waals surface area (Å²) in [5, 5.41) is 6.70. The van der Waals surface area contributed by atoms with Gasteiger partial charge in [0.2, 0.25) is 5.91 Å². The molecule has 1 aliphatic heterocycles. The largest absolute Gasteiger partial charge is 0.351 e. The van der Waals surface area contributed by atoms with E-state index in [4.69, 9.17) is 0 Å². The van der Waals surface area contributed by atoms with Crippen molar-refractivity contribution in [2.75, 3.05) is 6.54 Å². The number of carbonyl (C=O) groups is 1. The minimum Gasteiger partial charge on any atom is -0.351 e. The van der Waals surface area contributed by atoms with E-state index in [2.05, 4.69) is 31.4 Å². The molecule has 1 amide bonds. The van der Waals surface area contributed by atoms with E-state index in [1.807, 2.05) is 0 Å². The summed E-state index contributed by atoms with van der Waals surface area (Å²) in [7, 11) is 0. The lowest BCUT2D eigenvalue weighted by atomic mass is 9.91. The van der Waals surface area contributed by atoms with Gasteiger partial charge in [-0.3, -0.25) is 4.79 Å². The molecule has 2 fully saturated rings. The fourth-order valence-electron chi connectivity index (χ4n) is 3.34. The second-order valence-corrected chi connectivity index (χ2v) is 5.96. The molecule has 0 aromatic rings. The van der Waals surface area contributed by atoms with Crippen molar-refractivity contribution in [1.29, 1.82) is 0 Å². The topological polar surface area (TPSA) is 41.1 Å². The minimum absolute atomic E-state index is 0.239. The Morgan fingerprint density at radius 2 is 2.18 bits per heavy atom. The Morgan fingerprint density at radius 1 is 1.41 bits per heavy atom. The van der Waals surface area contributed by atoms with Crippen LogP contribution in [0.5, 0.6) is 0 Å². The van der Waals surface area contributed by atoms with Crippen LogP contribution in [0.2, 0.25) is 0 Å². The molecule has 98 valence electrons. The maximum Gasteiger partial charge on any atom is 0.240 e. The fourth-order valence-corrected chi connectivity index (χ4v) is 3.34. The lowest BCUT2D eigenvalue weighted by Crippen LogP contribution is -2.55. The summed E-state index contributed by atoms with van der Waals surface area (Å²) in [5.41, 5.74) is -0.272. The van der Waals surface area contributed by atoms with Crippen LogP contribution < -0.4 is 10.6 Å². The zero-order chi connectivity index (χ0) is 12.5. The minimum atomic E-state index is -0.272.